The van der Waals surface area contributed by atoms with Gasteiger partial charge >= 0.3 is 0 Å². The molecule has 1 aromatic carbocycles. The van der Waals surface area contributed by atoms with Crippen LogP contribution < -0.4 is 10.2 Å². The first-order valence-corrected chi connectivity index (χ1v) is 14.1. The maximum absolute atomic E-state index is 12.5. The molecule has 1 fully saturated rings. The monoisotopic (exact) mass is 605 g/mol. The van der Waals surface area contributed by atoms with E-state index in [-0.39, 0.29) is 0 Å². The number of hydrogen-bond donors (Lipinski definition) is 1. The van der Waals surface area contributed by atoms with Crippen molar-refractivity contribution in [2.45, 2.75) is 37.6 Å². The molecule has 0 aliphatic carbocycles. The van der Waals surface area contributed by atoms with Crippen molar-refractivity contribution in [3.8, 4) is 0 Å². The zero-order chi connectivity index (χ0) is 28.9. The van der Waals surface area contributed by atoms with E-state index in [1.165, 1.54) is 19.1 Å². The van der Waals surface area contributed by atoms with Gasteiger partial charge in [-0.25, -0.2) is 25.3 Å². The SMILES string of the molecule is CO[C@H]1O[C@H](CNC(=O)CN(C(C)=O)c2ccccc2)[C@@H](OS(=O)(=O)[O-])[C@H](OS(=O)(=O)[O-])[C@@H]1OS(=O)(=O)[O-]. The summed E-state index contributed by atoms with van der Waals surface area (Å²) in [7, 11) is -16.4. The van der Waals surface area contributed by atoms with E-state index in [4.69, 9.17) is 9.47 Å². The fourth-order valence-electron chi connectivity index (χ4n) is 3.38. The van der Waals surface area contributed by atoms with Gasteiger partial charge in [0.25, 0.3) is 0 Å². The minimum Gasteiger partial charge on any atom is -0.726 e. The van der Waals surface area contributed by atoms with Crippen molar-refractivity contribution in [3.63, 3.8) is 0 Å². The van der Waals surface area contributed by atoms with E-state index in [2.05, 4.69) is 17.9 Å². The largest absolute Gasteiger partial charge is 0.726 e. The molecule has 2 rings (SSSR count). The van der Waals surface area contributed by atoms with Gasteiger partial charge in [0.1, 0.15) is 24.9 Å². The van der Waals surface area contributed by atoms with E-state index in [0.717, 1.165) is 12.0 Å². The third kappa shape index (κ3) is 10.1. The van der Waals surface area contributed by atoms with Gasteiger partial charge < -0.3 is 33.3 Å². The van der Waals surface area contributed by atoms with Gasteiger partial charge in [0.2, 0.25) is 43.0 Å². The second-order valence-electron chi connectivity index (χ2n) is 7.43. The average Bonchev–Trinajstić information content (AvgIpc) is 2.76. The quantitative estimate of drug-likeness (QED) is 0.184. The molecule has 0 aromatic heterocycles. The van der Waals surface area contributed by atoms with Crippen molar-refractivity contribution < 1.29 is 70.5 Å². The molecule has 0 spiro atoms. The van der Waals surface area contributed by atoms with Crippen molar-refractivity contribution in [2.24, 2.45) is 0 Å². The third-order valence-corrected chi connectivity index (χ3v) is 6.13. The van der Waals surface area contributed by atoms with Crippen molar-refractivity contribution in [3.05, 3.63) is 30.3 Å². The lowest BCUT2D eigenvalue weighted by Crippen LogP contribution is -2.64. The Hall–Kier alpha value is -2.31. The molecule has 216 valence electrons. The minimum atomic E-state index is -5.79. The average molecular weight is 606 g/mol. The van der Waals surface area contributed by atoms with Crippen LogP contribution in [0.25, 0.3) is 0 Å². The molecule has 0 bridgehead atoms. The first-order chi connectivity index (χ1) is 17.4. The first-order valence-electron chi connectivity index (χ1n) is 10.1. The molecule has 38 heavy (non-hydrogen) atoms. The second kappa shape index (κ2) is 12.7. The van der Waals surface area contributed by atoms with Crippen LogP contribution in [0.4, 0.5) is 5.69 Å². The first kappa shape index (κ1) is 31.9. The van der Waals surface area contributed by atoms with Crippen LogP contribution in [0.5, 0.6) is 0 Å². The van der Waals surface area contributed by atoms with Crippen molar-refractivity contribution in [1.29, 1.82) is 0 Å². The molecule has 0 unspecified atom stereocenters. The Kier molecular flexibility index (Phi) is 10.7. The van der Waals surface area contributed by atoms with Gasteiger partial charge in [-0.2, -0.15) is 0 Å². The molecule has 0 saturated carbocycles. The Bertz CT molecular complexity index is 1300. The van der Waals surface area contributed by atoms with E-state index in [1.54, 1.807) is 18.2 Å². The number of rotatable bonds is 12. The van der Waals surface area contributed by atoms with Crippen LogP contribution in [0, 0.1) is 0 Å². The number of carbonyl (C=O) groups is 2. The van der Waals surface area contributed by atoms with Crippen LogP contribution >= 0.6 is 0 Å². The number of para-hydroxylation sites is 1. The Morgan fingerprint density at radius 2 is 1.39 bits per heavy atom. The van der Waals surface area contributed by atoms with Gasteiger partial charge in [-0.15, -0.1) is 0 Å². The molecule has 1 aliphatic rings. The summed E-state index contributed by atoms with van der Waals surface area (Å²) in [6, 6.07) is 7.91. The van der Waals surface area contributed by atoms with Gasteiger partial charge in [-0.3, -0.25) is 22.1 Å². The zero-order valence-electron chi connectivity index (χ0n) is 19.4. The highest BCUT2D eigenvalue weighted by Gasteiger charge is 2.51. The van der Waals surface area contributed by atoms with E-state index >= 15 is 0 Å². The Morgan fingerprint density at radius 1 is 0.895 bits per heavy atom. The topological polar surface area (TPSA) is 267 Å². The molecule has 0 radical (unpaired) electrons. The standard InChI is InChI=1S/C17H24N2O16S3/c1-10(20)19(11-6-4-3-5-7-11)9-13(21)18-8-12-14(33-36(22,23)24)15(34-37(25,26)27)16(17(31-2)32-12)35-38(28,29)30/h3-7,12,14-17H,8-9H2,1-2H3,(H,18,21)(H,22,23,24)(H,25,26,27)(H,28,29,30)/p-3/t12-,14-,15+,16+,17+/m1/s1. The van der Waals surface area contributed by atoms with Gasteiger partial charge in [0.05, 0.1) is 0 Å². The van der Waals surface area contributed by atoms with Crippen molar-refractivity contribution in [2.75, 3.05) is 25.1 Å². The summed E-state index contributed by atoms with van der Waals surface area (Å²) in [6.45, 7) is -0.193. The number of nitrogens with one attached hydrogen (secondary N) is 1. The minimum absolute atomic E-state index is 0.343. The summed E-state index contributed by atoms with van der Waals surface area (Å²) >= 11 is 0. The number of anilines is 1. The lowest BCUT2D eigenvalue weighted by Gasteiger charge is -2.45. The van der Waals surface area contributed by atoms with Crippen molar-refractivity contribution in [1.82, 2.24) is 5.32 Å². The van der Waals surface area contributed by atoms with E-state index in [1.807, 2.05) is 0 Å². The number of ether oxygens (including phenoxy) is 2. The molecule has 1 N–H and O–H groups in total. The fourth-order valence-corrected chi connectivity index (χ4v) is 4.84. The van der Waals surface area contributed by atoms with E-state index in [0.29, 0.717) is 5.69 Å². The summed E-state index contributed by atoms with van der Waals surface area (Å²) in [4.78, 5) is 25.6. The summed E-state index contributed by atoms with van der Waals surface area (Å²) in [5.41, 5.74) is 0.343. The molecule has 2 amide bonds. The maximum atomic E-state index is 12.5. The van der Waals surface area contributed by atoms with Crippen LogP contribution in [0.2, 0.25) is 0 Å². The highest BCUT2D eigenvalue weighted by Crippen LogP contribution is 2.31. The lowest BCUT2D eigenvalue weighted by atomic mass is 9.99. The number of amides is 2. The Morgan fingerprint density at radius 3 is 1.87 bits per heavy atom. The normalized spacial score (nSPS) is 24.5. The summed E-state index contributed by atoms with van der Waals surface area (Å²) in [5, 5.41) is 2.22. The van der Waals surface area contributed by atoms with Gasteiger partial charge in [-0.1, -0.05) is 18.2 Å². The van der Waals surface area contributed by atoms with Gasteiger partial charge in [0, 0.05) is 26.3 Å². The Labute approximate surface area is 217 Å². The molecule has 18 nitrogen and oxygen atoms in total. The van der Waals surface area contributed by atoms with Gasteiger partial charge in [-0.05, 0) is 12.1 Å². The molecule has 1 heterocycles. The van der Waals surface area contributed by atoms with Crippen LogP contribution in [0.15, 0.2) is 30.3 Å². The van der Waals surface area contributed by atoms with Crippen molar-refractivity contribution >= 4 is 48.7 Å². The molecular weight excluding hydrogens is 584 g/mol. The van der Waals surface area contributed by atoms with Gasteiger partial charge in [0.15, 0.2) is 12.4 Å². The van der Waals surface area contributed by atoms with Crippen LogP contribution in [-0.2, 0) is 62.8 Å². The highest BCUT2D eigenvalue weighted by atomic mass is 32.3. The zero-order valence-corrected chi connectivity index (χ0v) is 21.8. The Balaban J connectivity index is 2.35. The summed E-state index contributed by atoms with van der Waals surface area (Å²) in [6.07, 6.45) is -11.4. The molecule has 21 heteroatoms. The summed E-state index contributed by atoms with van der Waals surface area (Å²) in [5.74, 6) is -1.41. The van der Waals surface area contributed by atoms with E-state index < -0.39 is 86.8 Å². The molecule has 1 aromatic rings. The third-order valence-electron chi connectivity index (χ3n) is 4.76. The number of methoxy groups -OCH3 is 1. The predicted molar refractivity (Wildman–Crippen MR) is 117 cm³/mol. The predicted octanol–water partition coefficient (Wildman–Crippen LogP) is -2.94. The fraction of sp³-hybridized carbons (Fsp3) is 0.529. The number of carbonyl (C=O) groups excluding carboxylic acids is 2. The van der Waals surface area contributed by atoms with Crippen LogP contribution in [0.3, 0.4) is 0 Å². The van der Waals surface area contributed by atoms with Crippen LogP contribution in [-0.4, -0.2) is 102 Å². The number of benzene rings is 1. The lowest BCUT2D eigenvalue weighted by molar-refractivity contribution is -0.274. The molecule has 1 aliphatic heterocycles. The highest BCUT2D eigenvalue weighted by molar-refractivity contribution is 7.81. The number of nitrogens with zero attached hydrogens (tertiary/aromatic N) is 1. The molecule has 1 saturated heterocycles. The summed E-state index contributed by atoms with van der Waals surface area (Å²) < 4.78 is 124. The number of hydrogen-bond acceptors (Lipinski definition) is 16. The van der Waals surface area contributed by atoms with Crippen LogP contribution in [0.1, 0.15) is 6.92 Å². The molecular formula is C17H21N2O16S3-3. The maximum Gasteiger partial charge on any atom is 0.240 e. The van der Waals surface area contributed by atoms with E-state index in [9.17, 15) is 48.5 Å². The molecule has 5 atom stereocenters. The smallest absolute Gasteiger partial charge is 0.240 e. The second-order valence-corrected chi connectivity index (χ2v) is 10.5.